The predicted octanol–water partition coefficient (Wildman–Crippen LogP) is 2.93. The Hall–Kier alpha value is -0.410. The first kappa shape index (κ1) is 15.6. The average Bonchev–Trinajstić information content (AvgIpc) is 2.84. The molecule has 1 rings (SSSR count). The highest BCUT2D eigenvalue weighted by molar-refractivity contribution is 5.82. The highest BCUT2D eigenvalue weighted by Crippen LogP contribution is 2.18. The number of rotatable bonds is 10. The predicted molar refractivity (Wildman–Crippen MR) is 74.8 cm³/mol. The summed E-state index contributed by atoms with van der Waals surface area (Å²) in [5.74, 6) is 0.500. The summed E-state index contributed by atoms with van der Waals surface area (Å²) in [6, 6.07) is 0.257. The first-order chi connectivity index (χ1) is 8.79. The third-order valence-corrected chi connectivity index (χ3v) is 3.68. The summed E-state index contributed by atoms with van der Waals surface area (Å²) in [4.78, 5) is 12.1. The zero-order chi connectivity index (χ0) is 13.2. The molecule has 1 heterocycles. The number of ketones is 1. The highest BCUT2D eigenvalue weighted by atomic mass is 16.5. The van der Waals surface area contributed by atoms with Crippen molar-refractivity contribution in [1.82, 2.24) is 5.32 Å². The van der Waals surface area contributed by atoms with Gasteiger partial charge in [0, 0.05) is 12.5 Å². The monoisotopic (exact) mass is 255 g/mol. The van der Waals surface area contributed by atoms with Gasteiger partial charge < -0.3 is 10.1 Å². The molecule has 18 heavy (non-hydrogen) atoms. The van der Waals surface area contributed by atoms with Crippen molar-refractivity contribution in [2.45, 2.75) is 64.8 Å². The van der Waals surface area contributed by atoms with Crippen molar-refractivity contribution >= 4 is 5.78 Å². The van der Waals surface area contributed by atoms with Gasteiger partial charge in [-0.25, -0.2) is 0 Å². The van der Waals surface area contributed by atoms with Gasteiger partial charge in [-0.15, -0.1) is 0 Å². The van der Waals surface area contributed by atoms with Crippen LogP contribution in [0.15, 0.2) is 0 Å². The van der Waals surface area contributed by atoms with E-state index in [1.807, 2.05) is 0 Å². The largest absolute Gasteiger partial charge is 0.379 e. The Labute approximate surface area is 112 Å². The topological polar surface area (TPSA) is 38.3 Å². The fourth-order valence-electron chi connectivity index (χ4n) is 2.49. The first-order valence-corrected chi connectivity index (χ1v) is 7.63. The maximum absolute atomic E-state index is 12.1. The third kappa shape index (κ3) is 5.49. The SMILES string of the molecule is CCCCCCCC(=O)C1COCC1NCCC. The van der Waals surface area contributed by atoms with Gasteiger partial charge in [0.2, 0.25) is 0 Å². The Morgan fingerprint density at radius 1 is 1.11 bits per heavy atom. The van der Waals surface area contributed by atoms with Crippen molar-refractivity contribution in [2.24, 2.45) is 5.92 Å². The second-order valence-electron chi connectivity index (χ2n) is 5.34. The molecule has 2 unspecified atom stereocenters. The van der Waals surface area contributed by atoms with Crippen LogP contribution in [0.4, 0.5) is 0 Å². The number of hydrogen-bond donors (Lipinski definition) is 1. The summed E-state index contributed by atoms with van der Waals surface area (Å²) in [6.45, 7) is 6.66. The molecule has 1 fully saturated rings. The van der Waals surface area contributed by atoms with E-state index in [1.54, 1.807) is 0 Å². The zero-order valence-electron chi connectivity index (χ0n) is 12.0. The molecule has 3 heteroatoms. The van der Waals surface area contributed by atoms with Gasteiger partial charge in [0.25, 0.3) is 0 Å². The van der Waals surface area contributed by atoms with Crippen molar-refractivity contribution in [1.29, 1.82) is 0 Å². The summed E-state index contributed by atoms with van der Waals surface area (Å²) in [6.07, 6.45) is 7.91. The van der Waals surface area contributed by atoms with Gasteiger partial charge in [0.15, 0.2) is 0 Å². The van der Waals surface area contributed by atoms with Gasteiger partial charge in [-0.2, -0.15) is 0 Å². The number of ether oxygens (including phenoxy) is 1. The maximum atomic E-state index is 12.1. The lowest BCUT2D eigenvalue weighted by molar-refractivity contribution is -0.123. The molecule has 1 N–H and O–H groups in total. The van der Waals surface area contributed by atoms with Crippen molar-refractivity contribution < 1.29 is 9.53 Å². The molecule has 0 aromatic rings. The molecule has 0 saturated carbocycles. The normalized spacial score (nSPS) is 23.4. The molecular formula is C15H29NO2. The van der Waals surface area contributed by atoms with E-state index in [9.17, 15) is 4.79 Å². The quantitative estimate of drug-likeness (QED) is 0.610. The molecule has 2 atom stereocenters. The molecule has 1 aliphatic rings. The van der Waals surface area contributed by atoms with Crippen LogP contribution >= 0.6 is 0 Å². The van der Waals surface area contributed by atoms with Gasteiger partial charge in [0.05, 0.1) is 19.1 Å². The molecule has 0 bridgehead atoms. The molecule has 0 amide bonds. The smallest absolute Gasteiger partial charge is 0.139 e. The fourth-order valence-corrected chi connectivity index (χ4v) is 2.49. The second-order valence-corrected chi connectivity index (χ2v) is 5.34. The van der Waals surface area contributed by atoms with E-state index >= 15 is 0 Å². The molecule has 1 saturated heterocycles. The van der Waals surface area contributed by atoms with Gasteiger partial charge in [0.1, 0.15) is 5.78 Å². The number of unbranched alkanes of at least 4 members (excludes halogenated alkanes) is 4. The van der Waals surface area contributed by atoms with Crippen LogP contribution in [-0.4, -0.2) is 31.6 Å². The maximum Gasteiger partial charge on any atom is 0.139 e. The minimum atomic E-state index is 0.0997. The van der Waals surface area contributed by atoms with Crippen LogP contribution in [0.1, 0.15) is 58.8 Å². The summed E-state index contributed by atoms with van der Waals surface area (Å²) in [5.41, 5.74) is 0. The van der Waals surface area contributed by atoms with Gasteiger partial charge in [-0.05, 0) is 19.4 Å². The Kier molecular flexibility index (Phi) is 8.27. The molecule has 0 aromatic heterocycles. The van der Waals surface area contributed by atoms with Crippen LogP contribution in [0.5, 0.6) is 0 Å². The van der Waals surface area contributed by atoms with Crippen LogP contribution in [0.2, 0.25) is 0 Å². The van der Waals surface area contributed by atoms with Gasteiger partial charge in [-0.1, -0.05) is 39.5 Å². The van der Waals surface area contributed by atoms with Crippen molar-refractivity contribution in [3.05, 3.63) is 0 Å². The van der Waals surface area contributed by atoms with Crippen molar-refractivity contribution in [2.75, 3.05) is 19.8 Å². The average molecular weight is 255 g/mol. The van der Waals surface area contributed by atoms with Crippen LogP contribution in [-0.2, 0) is 9.53 Å². The molecule has 106 valence electrons. The highest BCUT2D eigenvalue weighted by Gasteiger charge is 2.32. The van der Waals surface area contributed by atoms with E-state index < -0.39 is 0 Å². The van der Waals surface area contributed by atoms with E-state index in [-0.39, 0.29) is 12.0 Å². The molecule has 0 spiro atoms. The number of carbonyl (C=O) groups excluding carboxylic acids is 1. The minimum Gasteiger partial charge on any atom is -0.379 e. The fraction of sp³-hybridized carbons (Fsp3) is 0.933. The van der Waals surface area contributed by atoms with Crippen LogP contribution < -0.4 is 5.32 Å². The van der Waals surface area contributed by atoms with E-state index in [0.717, 1.165) is 25.8 Å². The van der Waals surface area contributed by atoms with E-state index in [1.165, 1.54) is 25.7 Å². The molecule has 0 radical (unpaired) electrons. The van der Waals surface area contributed by atoms with Crippen molar-refractivity contribution in [3.63, 3.8) is 0 Å². The Balaban J connectivity index is 2.18. The Bertz CT molecular complexity index is 231. The lowest BCUT2D eigenvalue weighted by Crippen LogP contribution is -2.39. The minimum absolute atomic E-state index is 0.0997. The standard InChI is InChI=1S/C15H29NO2/c1-3-5-6-7-8-9-15(17)13-11-18-12-14(13)16-10-4-2/h13-14,16H,3-12H2,1-2H3. The lowest BCUT2D eigenvalue weighted by atomic mass is 9.94. The van der Waals surface area contributed by atoms with Gasteiger partial charge >= 0.3 is 0 Å². The Morgan fingerprint density at radius 2 is 1.89 bits per heavy atom. The number of Topliss-reactive ketones (excluding diaryl/α,β-unsaturated/α-hetero) is 1. The summed E-state index contributed by atoms with van der Waals surface area (Å²) in [5, 5.41) is 3.43. The molecule has 0 aliphatic carbocycles. The van der Waals surface area contributed by atoms with Crippen LogP contribution in [0, 0.1) is 5.92 Å². The number of hydrogen-bond acceptors (Lipinski definition) is 3. The zero-order valence-corrected chi connectivity index (χ0v) is 12.0. The number of carbonyl (C=O) groups is 1. The Morgan fingerprint density at radius 3 is 2.61 bits per heavy atom. The first-order valence-electron chi connectivity index (χ1n) is 7.63. The van der Waals surface area contributed by atoms with Crippen molar-refractivity contribution in [3.8, 4) is 0 Å². The summed E-state index contributed by atoms with van der Waals surface area (Å²) in [7, 11) is 0. The van der Waals surface area contributed by atoms with E-state index in [2.05, 4.69) is 19.2 Å². The third-order valence-electron chi connectivity index (χ3n) is 3.68. The molecule has 0 aromatic carbocycles. The lowest BCUT2D eigenvalue weighted by Gasteiger charge is -2.17. The summed E-state index contributed by atoms with van der Waals surface area (Å²) >= 11 is 0. The second kappa shape index (κ2) is 9.51. The van der Waals surface area contributed by atoms with Gasteiger partial charge in [-0.3, -0.25) is 4.79 Å². The van der Waals surface area contributed by atoms with E-state index in [0.29, 0.717) is 19.0 Å². The van der Waals surface area contributed by atoms with Crippen LogP contribution in [0.3, 0.4) is 0 Å². The molecule has 1 aliphatic heterocycles. The van der Waals surface area contributed by atoms with E-state index in [4.69, 9.17) is 4.74 Å². The molecular weight excluding hydrogens is 226 g/mol. The van der Waals surface area contributed by atoms with Crippen LogP contribution in [0.25, 0.3) is 0 Å². The molecule has 3 nitrogen and oxygen atoms in total. The summed E-state index contributed by atoms with van der Waals surface area (Å²) < 4.78 is 5.45. The number of nitrogens with one attached hydrogen (secondary N) is 1.